The molecular weight excluding hydrogens is 144 g/mol. The van der Waals surface area contributed by atoms with Gasteiger partial charge in [0, 0.05) is 0 Å². The summed E-state index contributed by atoms with van der Waals surface area (Å²) in [7, 11) is 0. The monoisotopic (exact) mass is 184 g/mol. The minimum Gasteiger partial charge on any atom is -0.0776 e. The van der Waals surface area contributed by atoms with Gasteiger partial charge in [0.05, 0.1) is 0 Å². The summed E-state index contributed by atoms with van der Waals surface area (Å²) in [5.74, 6) is 0. The van der Waals surface area contributed by atoms with Crippen LogP contribution in [0.2, 0.25) is 0 Å². The first-order valence-electron chi connectivity index (χ1n) is 2.83. The Morgan fingerprint density at radius 1 is 0.417 bits per heavy atom. The molecule has 0 aliphatic carbocycles. The molecule has 0 nitrogen and oxygen atoms in total. The molecule has 88 valence electrons. The van der Waals surface area contributed by atoms with Crippen LogP contribution < -0.4 is 0 Å². The fourth-order valence-corrected chi connectivity index (χ4v) is 0. The summed E-state index contributed by atoms with van der Waals surface area (Å²) in [6, 6.07) is 0. The summed E-state index contributed by atoms with van der Waals surface area (Å²) in [6.45, 7) is 8.50. The molecular formula is C12H40. The molecule has 0 radical (unpaired) electrons. The maximum Gasteiger partial charge on any atom is -0.0590 e. The van der Waals surface area contributed by atoms with Crippen LogP contribution in [0.4, 0.5) is 0 Å². The lowest BCUT2D eigenvalue weighted by molar-refractivity contribution is 1.09. The van der Waals surface area contributed by atoms with E-state index in [1.165, 1.54) is 12.8 Å². The molecule has 0 spiro atoms. The second kappa shape index (κ2) is 275. The second-order valence-corrected chi connectivity index (χ2v) is 1.41. The van der Waals surface area contributed by atoms with Gasteiger partial charge in [0.2, 0.25) is 0 Å². The molecule has 0 saturated carbocycles. The lowest BCUT2D eigenvalue weighted by Crippen LogP contribution is -1.27. The van der Waals surface area contributed by atoms with Crippen LogP contribution in [0.1, 0.15) is 85.1 Å². The Labute approximate surface area is 85.8 Å². The Kier molecular flexibility index (Phi) is 2080. The van der Waals surface area contributed by atoms with Crippen LogP contribution in [-0.4, -0.2) is 0 Å². The molecule has 0 amide bonds. The smallest absolute Gasteiger partial charge is 0.0590 e. The Morgan fingerprint density at radius 3 is 0.417 bits per heavy atom. The third-order valence-electron chi connectivity index (χ3n) is 0. The number of rotatable bonds is 0. The highest BCUT2D eigenvalue weighted by atomic mass is 13.4. The van der Waals surface area contributed by atoms with Crippen molar-refractivity contribution >= 4 is 0 Å². The van der Waals surface area contributed by atoms with Crippen molar-refractivity contribution in [2.24, 2.45) is 0 Å². The van der Waals surface area contributed by atoms with Crippen molar-refractivity contribution in [2.45, 2.75) is 85.1 Å². The van der Waals surface area contributed by atoms with Gasteiger partial charge in [0.15, 0.2) is 0 Å². The van der Waals surface area contributed by atoms with E-state index in [-0.39, 0.29) is 44.6 Å². The Bertz CT molecular complexity index is 2.00. The molecule has 0 aromatic carbocycles. The highest BCUT2D eigenvalue weighted by Crippen LogP contribution is 1.56. The van der Waals surface area contributed by atoms with Crippen LogP contribution in [0.3, 0.4) is 0 Å². The zero-order valence-corrected chi connectivity index (χ0v) is 5.41. The third-order valence-corrected chi connectivity index (χ3v) is 0. The SMILES string of the molecule is C.C.C.C.C.C.CCC.CCC. The van der Waals surface area contributed by atoms with E-state index in [1.807, 2.05) is 0 Å². The summed E-state index contributed by atoms with van der Waals surface area (Å²) in [5.41, 5.74) is 0. The van der Waals surface area contributed by atoms with Crippen molar-refractivity contribution in [3.8, 4) is 0 Å². The minimum absolute atomic E-state index is 0. The predicted molar refractivity (Wildman–Crippen MR) is 72.3 cm³/mol. The van der Waals surface area contributed by atoms with Crippen LogP contribution in [0.5, 0.6) is 0 Å². The molecule has 0 heterocycles. The molecule has 0 aromatic rings. The normalized spacial score (nSPS) is 3.00. The van der Waals surface area contributed by atoms with Gasteiger partial charge < -0.3 is 0 Å². The highest BCUT2D eigenvalue weighted by Gasteiger charge is 1.36. The summed E-state index contributed by atoms with van der Waals surface area (Å²) < 4.78 is 0. The van der Waals surface area contributed by atoms with Gasteiger partial charge in [0.1, 0.15) is 0 Å². The Hall–Kier alpha value is 0. The molecule has 0 saturated heterocycles. The van der Waals surface area contributed by atoms with Gasteiger partial charge in [-0.15, -0.1) is 0 Å². The number of hydrogen-bond donors (Lipinski definition) is 0. The van der Waals surface area contributed by atoms with Crippen LogP contribution >= 0.6 is 0 Å². The highest BCUT2D eigenvalue weighted by molar-refractivity contribution is 3.92. The van der Waals surface area contributed by atoms with Gasteiger partial charge >= 0.3 is 0 Å². The molecule has 0 aliphatic heterocycles. The lowest BCUT2D eigenvalue weighted by Gasteiger charge is -1.48. The first kappa shape index (κ1) is 90.8. The van der Waals surface area contributed by atoms with Gasteiger partial charge in [-0.3, -0.25) is 0 Å². The number of hydrogen-bond acceptors (Lipinski definition) is 0. The van der Waals surface area contributed by atoms with E-state index in [2.05, 4.69) is 27.7 Å². The van der Waals surface area contributed by atoms with E-state index in [0.29, 0.717) is 0 Å². The fourth-order valence-electron chi connectivity index (χ4n) is 0. The maximum atomic E-state index is 2.12. The van der Waals surface area contributed by atoms with Crippen LogP contribution in [0, 0.1) is 0 Å². The minimum atomic E-state index is 0. The van der Waals surface area contributed by atoms with Crippen molar-refractivity contribution in [3.05, 3.63) is 0 Å². The third kappa shape index (κ3) is 0. The summed E-state index contributed by atoms with van der Waals surface area (Å²) in [4.78, 5) is 0. The van der Waals surface area contributed by atoms with Gasteiger partial charge in [-0.25, -0.2) is 0 Å². The lowest BCUT2D eigenvalue weighted by atomic mass is 10.6. The van der Waals surface area contributed by atoms with Crippen molar-refractivity contribution < 1.29 is 0 Å². The van der Waals surface area contributed by atoms with Crippen LogP contribution in [-0.2, 0) is 0 Å². The van der Waals surface area contributed by atoms with Crippen LogP contribution in [0.15, 0.2) is 0 Å². The van der Waals surface area contributed by atoms with Crippen LogP contribution in [0.25, 0.3) is 0 Å². The zero-order valence-electron chi connectivity index (χ0n) is 5.41. The van der Waals surface area contributed by atoms with Gasteiger partial charge in [-0.05, 0) is 0 Å². The Morgan fingerprint density at radius 2 is 0.417 bits per heavy atom. The molecule has 0 aromatic heterocycles. The molecule has 0 atom stereocenters. The van der Waals surface area contributed by atoms with Gasteiger partial charge in [-0.2, -0.15) is 0 Å². The van der Waals surface area contributed by atoms with Crippen molar-refractivity contribution in [1.29, 1.82) is 0 Å². The van der Waals surface area contributed by atoms with Crippen molar-refractivity contribution in [2.75, 3.05) is 0 Å². The molecule has 0 aliphatic rings. The topological polar surface area (TPSA) is 0 Å². The summed E-state index contributed by atoms with van der Waals surface area (Å²) >= 11 is 0. The van der Waals surface area contributed by atoms with Gasteiger partial charge in [-0.1, -0.05) is 85.1 Å². The average Bonchev–Trinajstić information content (AvgIpc) is 1.39. The summed E-state index contributed by atoms with van der Waals surface area (Å²) in [6.07, 6.45) is 2.50. The second-order valence-electron chi connectivity index (χ2n) is 1.41. The molecule has 12 heavy (non-hydrogen) atoms. The fraction of sp³-hybridized carbons (Fsp3) is 1.00. The first-order chi connectivity index (χ1) is 2.83. The zero-order chi connectivity index (χ0) is 5.41. The quantitative estimate of drug-likeness (QED) is 0.395. The predicted octanol–water partition coefficient (Wildman–Crippen LogP) is 6.65. The van der Waals surface area contributed by atoms with Crippen molar-refractivity contribution in [1.82, 2.24) is 0 Å². The van der Waals surface area contributed by atoms with E-state index in [9.17, 15) is 0 Å². The largest absolute Gasteiger partial charge is 0.0776 e. The first-order valence-corrected chi connectivity index (χ1v) is 2.83. The van der Waals surface area contributed by atoms with E-state index in [4.69, 9.17) is 0 Å². The summed E-state index contributed by atoms with van der Waals surface area (Å²) in [5, 5.41) is 0. The molecule has 0 rings (SSSR count). The standard InChI is InChI=1S/2C3H8.6CH4/c2*1-3-2;;;;;;/h2*3H2,1-2H3;6*1H4. The molecule has 0 N–H and O–H groups in total. The molecule has 0 unspecified atom stereocenters. The van der Waals surface area contributed by atoms with E-state index in [0.717, 1.165) is 0 Å². The van der Waals surface area contributed by atoms with E-state index < -0.39 is 0 Å². The molecule has 0 heteroatoms. The maximum absolute atomic E-state index is 2.12. The average molecular weight is 184 g/mol. The molecule has 0 fully saturated rings. The van der Waals surface area contributed by atoms with E-state index in [1.54, 1.807) is 0 Å². The van der Waals surface area contributed by atoms with Crippen molar-refractivity contribution in [3.63, 3.8) is 0 Å². The van der Waals surface area contributed by atoms with Gasteiger partial charge in [0.25, 0.3) is 0 Å². The molecule has 0 bridgehead atoms. The Balaban J connectivity index is -0.00000000296. The van der Waals surface area contributed by atoms with E-state index >= 15 is 0 Å².